The Morgan fingerprint density at radius 3 is 2.28 bits per heavy atom. The Bertz CT molecular complexity index is 631. The summed E-state index contributed by atoms with van der Waals surface area (Å²) in [5.41, 5.74) is 1.24. The SMILES string of the molecule is CC(CNC(=O)C(C)N(C)CCOc1ccccc1)c1ccccc1. The number of ether oxygens (including phenoxy) is 1. The van der Waals surface area contributed by atoms with Gasteiger partial charge in [-0.3, -0.25) is 9.69 Å². The molecule has 0 aliphatic heterocycles. The highest BCUT2D eigenvalue weighted by molar-refractivity contribution is 5.81. The Hall–Kier alpha value is -2.33. The van der Waals surface area contributed by atoms with E-state index in [1.54, 1.807) is 0 Å². The summed E-state index contributed by atoms with van der Waals surface area (Å²) in [6.45, 7) is 5.93. The normalized spacial score (nSPS) is 13.3. The number of amides is 1. The fraction of sp³-hybridized carbons (Fsp3) is 0.381. The summed E-state index contributed by atoms with van der Waals surface area (Å²) in [4.78, 5) is 14.4. The average Bonchev–Trinajstić information content (AvgIpc) is 2.66. The molecule has 4 nitrogen and oxygen atoms in total. The van der Waals surface area contributed by atoms with Gasteiger partial charge in [0.05, 0.1) is 6.04 Å². The molecule has 0 aliphatic rings. The van der Waals surface area contributed by atoms with Gasteiger partial charge in [0.25, 0.3) is 0 Å². The number of hydrogen-bond donors (Lipinski definition) is 1. The first-order valence-corrected chi connectivity index (χ1v) is 8.78. The summed E-state index contributed by atoms with van der Waals surface area (Å²) < 4.78 is 5.69. The second kappa shape index (κ2) is 9.84. The van der Waals surface area contributed by atoms with Gasteiger partial charge in [-0.05, 0) is 37.6 Å². The maximum absolute atomic E-state index is 12.4. The number of hydrogen-bond acceptors (Lipinski definition) is 3. The first-order chi connectivity index (χ1) is 12.1. The van der Waals surface area contributed by atoms with E-state index in [0.717, 1.165) is 5.75 Å². The molecule has 0 aromatic heterocycles. The Kier molecular flexibility index (Phi) is 7.48. The highest BCUT2D eigenvalue weighted by atomic mass is 16.5. The molecule has 0 saturated heterocycles. The van der Waals surface area contributed by atoms with E-state index in [4.69, 9.17) is 4.74 Å². The monoisotopic (exact) mass is 340 g/mol. The molecule has 134 valence electrons. The number of likely N-dealkylation sites (N-methyl/N-ethyl adjacent to an activating group) is 1. The molecule has 2 aromatic rings. The van der Waals surface area contributed by atoms with Crippen LogP contribution in [0.2, 0.25) is 0 Å². The van der Waals surface area contributed by atoms with E-state index in [2.05, 4.69) is 24.4 Å². The highest BCUT2D eigenvalue weighted by Crippen LogP contribution is 2.13. The van der Waals surface area contributed by atoms with Crippen LogP contribution in [0, 0.1) is 0 Å². The summed E-state index contributed by atoms with van der Waals surface area (Å²) in [6, 6.07) is 19.8. The molecule has 25 heavy (non-hydrogen) atoms. The van der Waals surface area contributed by atoms with E-state index in [1.165, 1.54) is 5.56 Å². The quantitative estimate of drug-likeness (QED) is 0.761. The lowest BCUT2D eigenvalue weighted by atomic mass is 10.0. The van der Waals surface area contributed by atoms with Crippen molar-refractivity contribution in [2.75, 3.05) is 26.7 Å². The minimum Gasteiger partial charge on any atom is -0.492 e. The standard InChI is InChI=1S/C21H28N2O2/c1-17(19-10-6-4-7-11-19)16-22-21(24)18(2)23(3)14-15-25-20-12-8-5-9-13-20/h4-13,17-18H,14-16H2,1-3H3,(H,22,24). The minimum atomic E-state index is -0.192. The molecule has 0 spiro atoms. The molecule has 4 heteroatoms. The predicted molar refractivity (Wildman–Crippen MR) is 102 cm³/mol. The molecule has 0 aliphatic carbocycles. The summed E-state index contributed by atoms with van der Waals surface area (Å²) in [7, 11) is 1.94. The van der Waals surface area contributed by atoms with Gasteiger partial charge in [0.1, 0.15) is 12.4 Å². The smallest absolute Gasteiger partial charge is 0.237 e. The molecule has 2 atom stereocenters. The van der Waals surface area contributed by atoms with Crippen LogP contribution >= 0.6 is 0 Å². The first kappa shape index (κ1) is 19.0. The van der Waals surface area contributed by atoms with Crippen molar-refractivity contribution in [2.24, 2.45) is 0 Å². The van der Waals surface area contributed by atoms with E-state index in [1.807, 2.05) is 67.4 Å². The molecular formula is C21H28N2O2. The largest absolute Gasteiger partial charge is 0.492 e. The van der Waals surface area contributed by atoms with Gasteiger partial charge in [0, 0.05) is 13.1 Å². The number of nitrogens with one attached hydrogen (secondary N) is 1. The molecule has 2 aromatic carbocycles. The van der Waals surface area contributed by atoms with Crippen LogP contribution in [0.5, 0.6) is 5.75 Å². The fourth-order valence-electron chi connectivity index (χ4n) is 2.52. The van der Waals surface area contributed by atoms with Crippen LogP contribution in [0.4, 0.5) is 0 Å². The number of para-hydroxylation sites is 1. The molecule has 0 heterocycles. The lowest BCUT2D eigenvalue weighted by Crippen LogP contribution is -2.45. The van der Waals surface area contributed by atoms with Gasteiger partial charge in [-0.1, -0.05) is 55.5 Å². The molecule has 0 radical (unpaired) electrons. The average molecular weight is 340 g/mol. The van der Waals surface area contributed by atoms with Crippen molar-refractivity contribution in [1.29, 1.82) is 0 Å². The molecule has 0 saturated carbocycles. The summed E-state index contributed by atoms with van der Waals surface area (Å²) >= 11 is 0. The molecular weight excluding hydrogens is 312 g/mol. The molecule has 0 fully saturated rings. The van der Waals surface area contributed by atoms with E-state index in [9.17, 15) is 4.79 Å². The third-order valence-electron chi connectivity index (χ3n) is 4.45. The maximum Gasteiger partial charge on any atom is 0.237 e. The minimum absolute atomic E-state index is 0.0463. The van der Waals surface area contributed by atoms with Crippen LogP contribution in [0.25, 0.3) is 0 Å². The van der Waals surface area contributed by atoms with Gasteiger partial charge < -0.3 is 10.1 Å². The van der Waals surface area contributed by atoms with Crippen molar-refractivity contribution >= 4 is 5.91 Å². The van der Waals surface area contributed by atoms with Crippen LogP contribution in [0.3, 0.4) is 0 Å². The molecule has 2 rings (SSSR count). The van der Waals surface area contributed by atoms with Crippen molar-refractivity contribution in [3.8, 4) is 5.75 Å². The van der Waals surface area contributed by atoms with Crippen LogP contribution in [-0.2, 0) is 4.79 Å². The van der Waals surface area contributed by atoms with Gasteiger partial charge in [-0.2, -0.15) is 0 Å². The van der Waals surface area contributed by atoms with Crippen LogP contribution in [0.15, 0.2) is 60.7 Å². The van der Waals surface area contributed by atoms with Crippen molar-refractivity contribution < 1.29 is 9.53 Å². The van der Waals surface area contributed by atoms with Crippen LogP contribution < -0.4 is 10.1 Å². The van der Waals surface area contributed by atoms with Gasteiger partial charge in [-0.15, -0.1) is 0 Å². The Labute approximate surface area is 150 Å². The topological polar surface area (TPSA) is 41.6 Å². The summed E-state index contributed by atoms with van der Waals surface area (Å²) in [6.07, 6.45) is 0. The van der Waals surface area contributed by atoms with E-state index < -0.39 is 0 Å². The highest BCUT2D eigenvalue weighted by Gasteiger charge is 2.18. The summed E-state index contributed by atoms with van der Waals surface area (Å²) in [5.74, 6) is 1.19. The van der Waals surface area contributed by atoms with Crippen molar-refractivity contribution in [1.82, 2.24) is 10.2 Å². The van der Waals surface area contributed by atoms with E-state index >= 15 is 0 Å². The van der Waals surface area contributed by atoms with Crippen molar-refractivity contribution in [3.05, 3.63) is 66.2 Å². The van der Waals surface area contributed by atoms with E-state index in [-0.39, 0.29) is 11.9 Å². The molecule has 0 bridgehead atoms. The lowest BCUT2D eigenvalue weighted by molar-refractivity contribution is -0.125. The number of rotatable bonds is 9. The van der Waals surface area contributed by atoms with Gasteiger partial charge in [0.15, 0.2) is 0 Å². The molecule has 1 N–H and O–H groups in total. The Morgan fingerprint density at radius 1 is 1.04 bits per heavy atom. The van der Waals surface area contributed by atoms with Crippen LogP contribution in [0.1, 0.15) is 25.3 Å². The lowest BCUT2D eigenvalue weighted by Gasteiger charge is -2.24. The van der Waals surface area contributed by atoms with Gasteiger partial charge >= 0.3 is 0 Å². The zero-order valence-electron chi connectivity index (χ0n) is 15.3. The fourth-order valence-corrected chi connectivity index (χ4v) is 2.52. The second-order valence-corrected chi connectivity index (χ2v) is 6.37. The zero-order valence-corrected chi connectivity index (χ0v) is 15.3. The number of carbonyl (C=O) groups excluding carboxylic acids is 1. The maximum atomic E-state index is 12.4. The third kappa shape index (κ3) is 6.24. The molecule has 2 unspecified atom stereocenters. The zero-order chi connectivity index (χ0) is 18.1. The van der Waals surface area contributed by atoms with Gasteiger partial charge in [0.2, 0.25) is 5.91 Å². The third-order valence-corrected chi connectivity index (χ3v) is 4.45. The summed E-state index contributed by atoms with van der Waals surface area (Å²) in [5, 5.41) is 3.05. The van der Waals surface area contributed by atoms with Crippen molar-refractivity contribution in [2.45, 2.75) is 25.8 Å². The molecule has 1 amide bonds. The second-order valence-electron chi connectivity index (χ2n) is 6.37. The number of carbonyl (C=O) groups is 1. The number of benzene rings is 2. The van der Waals surface area contributed by atoms with Gasteiger partial charge in [-0.25, -0.2) is 0 Å². The van der Waals surface area contributed by atoms with Crippen LogP contribution in [-0.4, -0.2) is 43.6 Å². The first-order valence-electron chi connectivity index (χ1n) is 8.78. The van der Waals surface area contributed by atoms with Crippen molar-refractivity contribution in [3.63, 3.8) is 0 Å². The Morgan fingerprint density at radius 2 is 1.64 bits per heavy atom. The number of nitrogens with zero attached hydrogens (tertiary/aromatic N) is 1. The predicted octanol–water partition coefficient (Wildman–Crippen LogP) is 3.31. The van der Waals surface area contributed by atoms with E-state index in [0.29, 0.717) is 25.6 Å². The Balaban J connectivity index is 1.71.